The number of nitrogens with zero attached hydrogens (tertiary/aromatic N) is 3. The van der Waals surface area contributed by atoms with Crippen molar-refractivity contribution in [2.24, 2.45) is 0 Å². The molecule has 3 aromatic carbocycles. The quantitative estimate of drug-likeness (QED) is 0.257. The number of benzene rings is 3. The van der Waals surface area contributed by atoms with Crippen LogP contribution in [-0.4, -0.2) is 26.7 Å². The number of anilines is 2. The summed E-state index contributed by atoms with van der Waals surface area (Å²) in [5, 5.41) is 13.6. The Morgan fingerprint density at radius 1 is 1.00 bits per heavy atom. The first kappa shape index (κ1) is 23.9. The maximum Gasteiger partial charge on any atom is 0.324 e. The minimum absolute atomic E-state index is 0.0596. The van der Waals surface area contributed by atoms with Crippen molar-refractivity contribution in [2.45, 2.75) is 32.7 Å². The topological polar surface area (TPSA) is 101 Å². The predicted octanol–water partition coefficient (Wildman–Crippen LogP) is 6.33. The van der Waals surface area contributed by atoms with Gasteiger partial charge in [0, 0.05) is 29.3 Å². The van der Waals surface area contributed by atoms with Crippen molar-refractivity contribution in [3.05, 3.63) is 89.1 Å². The van der Waals surface area contributed by atoms with Crippen molar-refractivity contribution < 1.29 is 9.59 Å². The molecule has 3 N–H and O–H groups in total. The van der Waals surface area contributed by atoms with E-state index in [0.29, 0.717) is 23.6 Å². The van der Waals surface area contributed by atoms with Crippen LogP contribution in [-0.2, 0) is 12.0 Å². The number of rotatable bonds is 4. The van der Waals surface area contributed by atoms with Gasteiger partial charge in [0.2, 0.25) is 0 Å². The van der Waals surface area contributed by atoms with Gasteiger partial charge in [0.1, 0.15) is 5.82 Å². The highest BCUT2D eigenvalue weighted by molar-refractivity contribution is 7.16. The summed E-state index contributed by atoms with van der Waals surface area (Å²) in [4.78, 5) is 29.7. The van der Waals surface area contributed by atoms with Crippen LogP contribution in [0.4, 0.5) is 16.3 Å². The van der Waals surface area contributed by atoms with E-state index >= 15 is 0 Å². The van der Waals surface area contributed by atoms with E-state index in [2.05, 4.69) is 41.7 Å². The molecule has 0 aliphatic carbocycles. The number of carbonyl (C=O) groups is 2. The van der Waals surface area contributed by atoms with Gasteiger partial charge < -0.3 is 10.6 Å². The summed E-state index contributed by atoms with van der Waals surface area (Å²) in [6, 6.07) is 20.8. The van der Waals surface area contributed by atoms with E-state index in [1.54, 1.807) is 16.0 Å². The van der Waals surface area contributed by atoms with Crippen LogP contribution in [0.25, 0.3) is 27.0 Å². The number of thiazole rings is 1. The average Bonchev–Trinajstić information content (AvgIpc) is 3.62. The predicted molar refractivity (Wildman–Crippen MR) is 151 cm³/mol. The third kappa shape index (κ3) is 4.41. The second-order valence-electron chi connectivity index (χ2n) is 10.3. The zero-order valence-corrected chi connectivity index (χ0v) is 22.0. The largest absolute Gasteiger partial charge is 0.348 e. The van der Waals surface area contributed by atoms with Gasteiger partial charge in [-0.15, -0.1) is 11.3 Å². The number of hydrogen-bond donors (Lipinski definition) is 3. The Hall–Kier alpha value is -4.50. The summed E-state index contributed by atoms with van der Waals surface area (Å²) in [6.45, 7) is 6.75. The minimum Gasteiger partial charge on any atom is -0.348 e. The van der Waals surface area contributed by atoms with Gasteiger partial charge in [-0.2, -0.15) is 5.10 Å². The van der Waals surface area contributed by atoms with Crippen LogP contribution >= 0.6 is 11.3 Å². The van der Waals surface area contributed by atoms with E-state index < -0.39 is 0 Å². The molecule has 0 atom stereocenters. The summed E-state index contributed by atoms with van der Waals surface area (Å²) in [6.07, 6.45) is 0. The van der Waals surface area contributed by atoms with Crippen LogP contribution in [0, 0.1) is 0 Å². The molecule has 0 fully saturated rings. The Morgan fingerprint density at radius 2 is 1.82 bits per heavy atom. The summed E-state index contributed by atoms with van der Waals surface area (Å²) in [7, 11) is 0. The monoisotopic (exact) mass is 522 g/mol. The number of carbonyl (C=O) groups excluding carboxylic acids is 2. The lowest BCUT2D eigenvalue weighted by Crippen LogP contribution is -2.21. The molecule has 2 aromatic heterocycles. The number of amides is 3. The molecule has 1 aliphatic rings. The molecule has 0 saturated heterocycles. The molecule has 0 spiro atoms. The maximum absolute atomic E-state index is 13.1. The lowest BCUT2D eigenvalue weighted by molar-refractivity contribution is 0.0965. The van der Waals surface area contributed by atoms with E-state index in [4.69, 9.17) is 5.10 Å². The highest BCUT2D eigenvalue weighted by Crippen LogP contribution is 2.31. The standard InChI is InChI=1S/C29H26N6O2S/c1-29(2,3)25-14-26(35(34-25)19-10-11-24-23(13-19)31-16-38-24)33-28(37)32-18-7-4-6-17(12-18)20-8-5-9-21-22(20)15-30-27(21)36/h4-14,16H,15H2,1-3H3,(H,30,36)(H2,32,33,37). The van der Waals surface area contributed by atoms with Crippen LogP contribution in [0.5, 0.6) is 0 Å². The van der Waals surface area contributed by atoms with Crippen molar-refractivity contribution in [3.8, 4) is 16.8 Å². The second kappa shape index (κ2) is 9.11. The summed E-state index contributed by atoms with van der Waals surface area (Å²) < 4.78 is 2.83. The van der Waals surface area contributed by atoms with Gasteiger partial charge in [-0.05, 0) is 53.1 Å². The SMILES string of the molecule is CC(C)(C)c1cc(NC(=O)Nc2cccc(-c3cccc4c3CNC4=O)c2)n(-c2ccc3scnc3c2)n1. The van der Waals surface area contributed by atoms with E-state index in [0.717, 1.165) is 38.3 Å². The molecule has 5 aromatic rings. The van der Waals surface area contributed by atoms with Gasteiger partial charge in [-0.25, -0.2) is 14.5 Å². The van der Waals surface area contributed by atoms with E-state index in [1.165, 1.54) is 0 Å². The van der Waals surface area contributed by atoms with Gasteiger partial charge in [0.05, 0.1) is 27.1 Å². The molecular formula is C29H26N6O2S. The van der Waals surface area contributed by atoms with Gasteiger partial charge in [-0.1, -0.05) is 45.0 Å². The third-order valence-electron chi connectivity index (χ3n) is 6.56. The lowest BCUT2D eigenvalue weighted by atomic mass is 9.92. The minimum atomic E-state index is -0.381. The molecule has 0 unspecified atom stereocenters. The van der Waals surface area contributed by atoms with Crippen molar-refractivity contribution in [1.29, 1.82) is 0 Å². The van der Waals surface area contributed by atoms with Crippen LogP contribution in [0.3, 0.4) is 0 Å². The Morgan fingerprint density at radius 3 is 2.66 bits per heavy atom. The molecular weight excluding hydrogens is 496 g/mol. The normalized spacial score (nSPS) is 12.9. The molecule has 3 heterocycles. The number of nitrogens with one attached hydrogen (secondary N) is 3. The number of fused-ring (bicyclic) bond motifs is 2. The second-order valence-corrected chi connectivity index (χ2v) is 11.1. The smallest absolute Gasteiger partial charge is 0.324 e. The molecule has 0 radical (unpaired) electrons. The fourth-order valence-electron chi connectivity index (χ4n) is 4.58. The first-order valence-electron chi connectivity index (χ1n) is 12.3. The molecule has 8 nitrogen and oxygen atoms in total. The molecule has 1 aliphatic heterocycles. The Balaban J connectivity index is 1.28. The lowest BCUT2D eigenvalue weighted by Gasteiger charge is -2.14. The third-order valence-corrected chi connectivity index (χ3v) is 7.37. The van der Waals surface area contributed by atoms with Crippen LogP contribution in [0.2, 0.25) is 0 Å². The van der Waals surface area contributed by atoms with Crippen molar-refractivity contribution in [3.63, 3.8) is 0 Å². The van der Waals surface area contributed by atoms with Crippen LogP contribution in [0.1, 0.15) is 42.4 Å². The van der Waals surface area contributed by atoms with Crippen molar-refractivity contribution in [2.75, 3.05) is 10.6 Å². The zero-order chi connectivity index (χ0) is 26.4. The van der Waals surface area contributed by atoms with Gasteiger partial charge >= 0.3 is 6.03 Å². The van der Waals surface area contributed by atoms with Gasteiger partial charge in [0.25, 0.3) is 5.91 Å². The molecule has 0 bridgehead atoms. The van der Waals surface area contributed by atoms with E-state index in [-0.39, 0.29) is 17.4 Å². The molecule has 6 rings (SSSR count). The highest BCUT2D eigenvalue weighted by atomic mass is 32.1. The van der Waals surface area contributed by atoms with Crippen molar-refractivity contribution >= 4 is 45.0 Å². The number of aromatic nitrogens is 3. The Kier molecular flexibility index (Phi) is 5.72. The summed E-state index contributed by atoms with van der Waals surface area (Å²) >= 11 is 1.58. The van der Waals surface area contributed by atoms with Gasteiger partial charge in [0.15, 0.2) is 0 Å². The number of urea groups is 1. The molecule has 190 valence electrons. The van der Waals surface area contributed by atoms with Crippen LogP contribution in [0.15, 0.2) is 72.2 Å². The fraction of sp³-hybridized carbons (Fsp3) is 0.172. The summed E-state index contributed by atoms with van der Waals surface area (Å²) in [5.74, 6) is 0.499. The average molecular weight is 523 g/mol. The Bertz CT molecular complexity index is 1710. The molecule has 3 amide bonds. The molecule has 9 heteroatoms. The summed E-state index contributed by atoms with van der Waals surface area (Å²) in [5.41, 5.74) is 8.36. The van der Waals surface area contributed by atoms with Crippen molar-refractivity contribution in [1.82, 2.24) is 20.1 Å². The first-order chi connectivity index (χ1) is 18.3. The zero-order valence-electron chi connectivity index (χ0n) is 21.2. The van der Waals surface area contributed by atoms with Crippen LogP contribution < -0.4 is 16.0 Å². The van der Waals surface area contributed by atoms with E-state index in [9.17, 15) is 9.59 Å². The Labute approximate surface area is 223 Å². The van der Waals surface area contributed by atoms with E-state index in [1.807, 2.05) is 72.2 Å². The first-order valence-corrected chi connectivity index (χ1v) is 13.2. The highest BCUT2D eigenvalue weighted by Gasteiger charge is 2.23. The van der Waals surface area contributed by atoms with Gasteiger partial charge in [-0.3, -0.25) is 10.1 Å². The number of hydrogen-bond acceptors (Lipinski definition) is 5. The fourth-order valence-corrected chi connectivity index (χ4v) is 5.24. The molecule has 0 saturated carbocycles. The molecule has 38 heavy (non-hydrogen) atoms. The maximum atomic E-state index is 13.1.